The maximum Gasteiger partial charge on any atom is 0.256 e. The van der Waals surface area contributed by atoms with E-state index in [1.54, 1.807) is 28.1 Å². The molecule has 1 aliphatic carbocycles. The number of aromatic nitrogens is 6. The molecule has 1 saturated heterocycles. The number of halogens is 1. The van der Waals surface area contributed by atoms with Gasteiger partial charge in [0.05, 0.1) is 34.6 Å². The highest BCUT2D eigenvalue weighted by Crippen LogP contribution is 2.38. The van der Waals surface area contributed by atoms with E-state index >= 15 is 0 Å². The normalized spacial score (nSPS) is 16.0. The molecule has 0 spiro atoms. The summed E-state index contributed by atoms with van der Waals surface area (Å²) in [6.07, 6.45) is 8.76. The third-order valence-electron chi connectivity index (χ3n) is 7.60. The van der Waals surface area contributed by atoms with Crippen molar-refractivity contribution in [3.8, 4) is 22.5 Å². The third kappa shape index (κ3) is 4.53. The van der Waals surface area contributed by atoms with Crippen molar-refractivity contribution >= 4 is 40.2 Å². The Hall–Kier alpha value is -3.80. The minimum absolute atomic E-state index is 0.0997. The number of anilines is 1. The molecule has 0 unspecified atom stereocenters. The molecule has 40 heavy (non-hydrogen) atoms. The summed E-state index contributed by atoms with van der Waals surface area (Å²) >= 11 is 8.18. The molecule has 5 aromatic rings. The van der Waals surface area contributed by atoms with Crippen molar-refractivity contribution in [1.82, 2.24) is 34.3 Å². The summed E-state index contributed by atoms with van der Waals surface area (Å²) in [5, 5.41) is 12.4. The van der Waals surface area contributed by atoms with E-state index in [2.05, 4.69) is 24.8 Å². The van der Waals surface area contributed by atoms with E-state index in [0.717, 1.165) is 53.2 Å². The quantitative estimate of drug-likeness (QED) is 0.287. The molecule has 4 aromatic heterocycles. The molecule has 0 atom stereocenters. The lowest BCUT2D eigenvalue weighted by Gasteiger charge is -2.24. The maximum atomic E-state index is 13.8. The predicted molar refractivity (Wildman–Crippen MR) is 153 cm³/mol. The zero-order valence-corrected chi connectivity index (χ0v) is 23.2. The van der Waals surface area contributed by atoms with Gasteiger partial charge in [-0.1, -0.05) is 17.7 Å². The highest BCUT2D eigenvalue weighted by atomic mass is 35.5. The second kappa shape index (κ2) is 10.3. The molecule has 5 heterocycles. The molecule has 7 rings (SSSR count). The number of nitrogens with two attached hydrogens (primary N) is 1. The lowest BCUT2D eigenvalue weighted by molar-refractivity contribution is 0.0667. The van der Waals surface area contributed by atoms with E-state index in [-0.39, 0.29) is 18.0 Å². The molecule has 1 aromatic carbocycles. The van der Waals surface area contributed by atoms with Crippen LogP contribution in [-0.2, 0) is 11.3 Å². The summed E-state index contributed by atoms with van der Waals surface area (Å²) in [6, 6.07) is 9.99. The van der Waals surface area contributed by atoms with Crippen molar-refractivity contribution < 1.29 is 9.53 Å². The first kappa shape index (κ1) is 25.2. The fourth-order valence-electron chi connectivity index (χ4n) is 5.45. The van der Waals surface area contributed by atoms with Crippen molar-refractivity contribution in [2.45, 2.75) is 44.3 Å². The first-order valence-electron chi connectivity index (χ1n) is 13.3. The number of amides is 1. The number of hydrogen-bond acceptors (Lipinski definition) is 8. The Balaban J connectivity index is 1.31. The highest BCUT2D eigenvalue weighted by Gasteiger charge is 2.34. The molecular formula is C28H27ClN8O2S. The molecule has 1 aliphatic heterocycles. The van der Waals surface area contributed by atoms with Crippen molar-refractivity contribution in [3.05, 3.63) is 70.0 Å². The molecular weight excluding hydrogens is 548 g/mol. The highest BCUT2D eigenvalue weighted by molar-refractivity contribution is 7.09. The average molecular weight is 575 g/mol. The van der Waals surface area contributed by atoms with Crippen molar-refractivity contribution in [2.75, 3.05) is 18.9 Å². The van der Waals surface area contributed by atoms with Gasteiger partial charge in [-0.3, -0.25) is 9.48 Å². The van der Waals surface area contributed by atoms with Crippen molar-refractivity contribution in [3.63, 3.8) is 0 Å². The predicted octanol–water partition coefficient (Wildman–Crippen LogP) is 5.11. The number of ether oxygens (including phenoxy) is 1. The van der Waals surface area contributed by atoms with Gasteiger partial charge in [0, 0.05) is 48.2 Å². The second-order valence-electron chi connectivity index (χ2n) is 10.1. The summed E-state index contributed by atoms with van der Waals surface area (Å²) < 4.78 is 9.40. The Labute approximate surface area is 239 Å². The summed E-state index contributed by atoms with van der Waals surface area (Å²) in [5.74, 6) is 0.266. The Morgan fingerprint density at radius 3 is 2.70 bits per heavy atom. The van der Waals surface area contributed by atoms with Crippen LogP contribution in [0.4, 0.5) is 5.82 Å². The van der Waals surface area contributed by atoms with Gasteiger partial charge in [-0.2, -0.15) is 10.2 Å². The van der Waals surface area contributed by atoms with Gasteiger partial charge in [0.1, 0.15) is 16.9 Å². The number of fused-ring (bicyclic) bond motifs is 1. The van der Waals surface area contributed by atoms with Gasteiger partial charge < -0.3 is 15.4 Å². The van der Waals surface area contributed by atoms with Crippen LogP contribution in [0, 0.1) is 0 Å². The van der Waals surface area contributed by atoms with Gasteiger partial charge in [0.25, 0.3) is 5.91 Å². The standard InChI is InChI=1S/C28H27ClN8O2S/c29-22-4-1-17(13-20(22)28(38)35(18-2-3-18)15-25-31-9-12-40-25)24-14-21(26-27(30)32-16-34-37(24)26)23-5-8-33-36(23)19-6-10-39-11-7-19/h1,4-5,8-9,12-14,16,18-19H,2-3,6-7,10-11,15H2,(H2,30,32,34). The number of thiazole rings is 1. The molecule has 2 N–H and O–H groups in total. The fourth-order valence-corrected chi connectivity index (χ4v) is 6.26. The first-order valence-corrected chi connectivity index (χ1v) is 14.6. The van der Waals surface area contributed by atoms with Gasteiger partial charge in [-0.25, -0.2) is 14.5 Å². The molecule has 12 heteroatoms. The van der Waals surface area contributed by atoms with Crippen LogP contribution in [0.15, 0.2) is 54.4 Å². The minimum Gasteiger partial charge on any atom is -0.382 e. The van der Waals surface area contributed by atoms with Crippen LogP contribution in [0.3, 0.4) is 0 Å². The number of carbonyl (C=O) groups excluding carboxylic acids is 1. The van der Waals surface area contributed by atoms with Crippen LogP contribution < -0.4 is 5.73 Å². The molecule has 1 amide bonds. The summed E-state index contributed by atoms with van der Waals surface area (Å²) in [4.78, 5) is 24.4. The summed E-state index contributed by atoms with van der Waals surface area (Å²) in [6.45, 7) is 1.89. The summed E-state index contributed by atoms with van der Waals surface area (Å²) in [7, 11) is 0. The Bertz CT molecular complexity index is 1690. The molecule has 2 fully saturated rings. The molecule has 0 radical (unpaired) electrons. The molecule has 204 valence electrons. The lowest BCUT2D eigenvalue weighted by atomic mass is 10.1. The van der Waals surface area contributed by atoms with Crippen LogP contribution >= 0.6 is 22.9 Å². The Kier molecular flexibility index (Phi) is 6.49. The average Bonchev–Trinajstić information content (AvgIpc) is 3.34. The topological polar surface area (TPSA) is 116 Å². The Morgan fingerprint density at radius 2 is 1.93 bits per heavy atom. The number of hydrogen-bond donors (Lipinski definition) is 1. The van der Waals surface area contributed by atoms with Crippen LogP contribution in [0.1, 0.15) is 47.1 Å². The van der Waals surface area contributed by atoms with E-state index in [0.29, 0.717) is 41.7 Å². The third-order valence-corrected chi connectivity index (χ3v) is 8.69. The van der Waals surface area contributed by atoms with Crippen LogP contribution in [-0.4, -0.2) is 59.4 Å². The van der Waals surface area contributed by atoms with E-state index < -0.39 is 0 Å². The number of rotatable bonds is 7. The number of carbonyl (C=O) groups is 1. The molecule has 1 saturated carbocycles. The zero-order chi connectivity index (χ0) is 27.2. The first-order chi connectivity index (χ1) is 19.6. The maximum absolute atomic E-state index is 13.8. The van der Waals surface area contributed by atoms with E-state index in [1.807, 2.05) is 40.7 Å². The van der Waals surface area contributed by atoms with Gasteiger partial charge >= 0.3 is 0 Å². The number of nitrogens with zero attached hydrogens (tertiary/aromatic N) is 7. The van der Waals surface area contributed by atoms with E-state index in [9.17, 15) is 4.79 Å². The van der Waals surface area contributed by atoms with E-state index in [4.69, 9.17) is 22.1 Å². The second-order valence-corrected chi connectivity index (χ2v) is 11.5. The monoisotopic (exact) mass is 574 g/mol. The summed E-state index contributed by atoms with van der Waals surface area (Å²) in [5.41, 5.74) is 11.0. The largest absolute Gasteiger partial charge is 0.382 e. The van der Waals surface area contributed by atoms with Gasteiger partial charge in [0.15, 0.2) is 5.82 Å². The number of nitrogen functional groups attached to an aromatic ring is 1. The van der Waals surface area contributed by atoms with Crippen LogP contribution in [0.25, 0.3) is 28.0 Å². The fraction of sp³-hybridized carbons (Fsp3) is 0.321. The lowest BCUT2D eigenvalue weighted by Crippen LogP contribution is -2.32. The minimum atomic E-state index is -0.0997. The zero-order valence-electron chi connectivity index (χ0n) is 21.6. The molecule has 0 bridgehead atoms. The molecule has 2 aliphatic rings. The van der Waals surface area contributed by atoms with Crippen molar-refractivity contribution in [1.29, 1.82) is 0 Å². The van der Waals surface area contributed by atoms with Crippen LogP contribution in [0.2, 0.25) is 5.02 Å². The SMILES string of the molecule is Nc1ncnn2c(-c3ccc(Cl)c(C(=O)N(Cc4nccs4)C4CC4)c3)cc(-c3ccnn3C3CCOCC3)c12. The van der Waals surface area contributed by atoms with E-state index in [1.165, 1.54) is 6.33 Å². The smallest absolute Gasteiger partial charge is 0.256 e. The van der Waals surface area contributed by atoms with Crippen molar-refractivity contribution in [2.24, 2.45) is 0 Å². The van der Waals surface area contributed by atoms with Gasteiger partial charge in [-0.15, -0.1) is 11.3 Å². The van der Waals surface area contributed by atoms with Crippen LogP contribution in [0.5, 0.6) is 0 Å². The van der Waals surface area contributed by atoms with Gasteiger partial charge in [-0.05, 0) is 49.9 Å². The van der Waals surface area contributed by atoms with Gasteiger partial charge in [0.2, 0.25) is 0 Å². The number of benzene rings is 1. The molecule has 10 nitrogen and oxygen atoms in total. The Morgan fingerprint density at radius 1 is 1.07 bits per heavy atom.